The van der Waals surface area contributed by atoms with Crippen LogP contribution >= 0.6 is 15.9 Å². The van der Waals surface area contributed by atoms with Crippen LogP contribution in [-0.2, 0) is 6.42 Å². The molecule has 0 aromatic heterocycles. The summed E-state index contributed by atoms with van der Waals surface area (Å²) < 4.78 is 38.1. The summed E-state index contributed by atoms with van der Waals surface area (Å²) in [4.78, 5) is 0.272. The van der Waals surface area contributed by atoms with Gasteiger partial charge in [-0.25, -0.2) is 0 Å². The first-order valence-corrected chi connectivity index (χ1v) is 8.46. The summed E-state index contributed by atoms with van der Waals surface area (Å²) in [7, 11) is 0. The second kappa shape index (κ2) is 6.72. The van der Waals surface area contributed by atoms with Crippen molar-refractivity contribution in [3.05, 3.63) is 34.9 Å². The Morgan fingerprint density at radius 3 is 2.24 bits per heavy atom. The maximum atomic E-state index is 12.7. The molecule has 1 unspecified atom stereocenters. The van der Waals surface area contributed by atoms with Gasteiger partial charge in [0.15, 0.2) is 0 Å². The Bertz CT molecular complexity index is 473. The molecule has 0 saturated heterocycles. The Morgan fingerprint density at radius 1 is 1.10 bits per heavy atom. The third kappa shape index (κ3) is 4.48. The number of aryl methyl sites for hydroxylation is 2. The van der Waals surface area contributed by atoms with Crippen molar-refractivity contribution in [2.45, 2.75) is 57.0 Å². The van der Waals surface area contributed by atoms with Crippen LogP contribution in [0.5, 0.6) is 0 Å². The van der Waals surface area contributed by atoms with E-state index in [2.05, 4.69) is 48.0 Å². The van der Waals surface area contributed by atoms with Crippen LogP contribution in [0.1, 0.15) is 42.4 Å². The molecule has 1 saturated carbocycles. The second-order valence-corrected chi connectivity index (χ2v) is 7.47. The maximum absolute atomic E-state index is 12.7. The molecule has 0 aliphatic heterocycles. The highest BCUT2D eigenvalue weighted by Gasteiger charge is 2.42. The van der Waals surface area contributed by atoms with E-state index in [0.29, 0.717) is 18.8 Å². The number of halogens is 4. The zero-order chi connectivity index (χ0) is 15.6. The predicted molar refractivity (Wildman–Crippen MR) is 83.8 cm³/mol. The monoisotopic (exact) mass is 362 g/mol. The van der Waals surface area contributed by atoms with Gasteiger partial charge in [-0.05, 0) is 68.6 Å². The Hall–Kier alpha value is -0.510. The molecule has 0 spiro atoms. The Kier molecular flexibility index (Phi) is 5.39. The molecule has 2 rings (SSSR count). The summed E-state index contributed by atoms with van der Waals surface area (Å²) in [6.07, 6.45) is -1.22. The first-order valence-electron chi connectivity index (χ1n) is 7.54. The van der Waals surface area contributed by atoms with Crippen LogP contribution in [0.3, 0.4) is 0 Å². The van der Waals surface area contributed by atoms with Crippen LogP contribution in [0.15, 0.2) is 18.2 Å². The fraction of sp³-hybridized carbons (Fsp3) is 0.647. The molecule has 21 heavy (non-hydrogen) atoms. The minimum atomic E-state index is -4.01. The molecule has 1 fully saturated rings. The van der Waals surface area contributed by atoms with E-state index in [1.165, 1.54) is 16.7 Å². The average molecular weight is 363 g/mol. The lowest BCUT2D eigenvalue weighted by molar-refractivity contribution is -0.183. The van der Waals surface area contributed by atoms with E-state index in [0.717, 1.165) is 6.42 Å². The van der Waals surface area contributed by atoms with Crippen molar-refractivity contribution in [1.29, 1.82) is 0 Å². The van der Waals surface area contributed by atoms with E-state index in [1.54, 1.807) is 0 Å². The van der Waals surface area contributed by atoms with Gasteiger partial charge in [0.1, 0.15) is 0 Å². The van der Waals surface area contributed by atoms with E-state index in [-0.39, 0.29) is 17.7 Å². The van der Waals surface area contributed by atoms with Gasteiger partial charge in [-0.2, -0.15) is 13.2 Å². The summed E-state index contributed by atoms with van der Waals surface area (Å²) in [5, 5.41) is 0. The van der Waals surface area contributed by atoms with Crippen molar-refractivity contribution in [2.75, 3.05) is 0 Å². The summed E-state index contributed by atoms with van der Waals surface area (Å²) >= 11 is 3.71. The standard InChI is InChI=1S/C17H22BrF3/c1-11-3-4-13(9-12(11)2)10-16(18)14-5-7-15(8-6-14)17(19,20)21/h3-4,9,14-16H,5-8,10H2,1-2H3. The highest BCUT2D eigenvalue weighted by Crippen LogP contribution is 2.42. The molecule has 0 N–H and O–H groups in total. The smallest absolute Gasteiger partial charge is 0.171 e. The van der Waals surface area contributed by atoms with Crippen molar-refractivity contribution >= 4 is 15.9 Å². The van der Waals surface area contributed by atoms with Crippen LogP contribution < -0.4 is 0 Å². The van der Waals surface area contributed by atoms with Crippen molar-refractivity contribution in [3.63, 3.8) is 0 Å². The lowest BCUT2D eigenvalue weighted by atomic mass is 9.79. The molecule has 0 amide bonds. The molecule has 0 radical (unpaired) electrons. The zero-order valence-corrected chi connectivity index (χ0v) is 14.1. The molecule has 0 heterocycles. The SMILES string of the molecule is Cc1ccc(CC(Br)C2CCC(C(F)(F)F)CC2)cc1C. The maximum Gasteiger partial charge on any atom is 0.391 e. The Labute approximate surface area is 133 Å². The van der Waals surface area contributed by atoms with Gasteiger partial charge in [-0.3, -0.25) is 0 Å². The first kappa shape index (κ1) is 16.9. The Balaban J connectivity index is 1.90. The van der Waals surface area contributed by atoms with Gasteiger partial charge in [0.05, 0.1) is 5.92 Å². The lowest BCUT2D eigenvalue weighted by Crippen LogP contribution is -2.30. The van der Waals surface area contributed by atoms with E-state index in [1.807, 2.05) is 0 Å². The molecule has 1 aliphatic carbocycles. The van der Waals surface area contributed by atoms with Gasteiger partial charge in [-0.1, -0.05) is 34.1 Å². The molecular formula is C17H22BrF3. The van der Waals surface area contributed by atoms with Crippen molar-refractivity contribution in [3.8, 4) is 0 Å². The second-order valence-electron chi connectivity index (χ2n) is 6.29. The van der Waals surface area contributed by atoms with Crippen molar-refractivity contribution in [2.24, 2.45) is 11.8 Å². The van der Waals surface area contributed by atoms with Gasteiger partial charge in [0, 0.05) is 4.83 Å². The summed E-state index contributed by atoms with van der Waals surface area (Å²) in [6.45, 7) is 4.18. The Morgan fingerprint density at radius 2 is 1.71 bits per heavy atom. The molecule has 118 valence electrons. The molecule has 1 atom stereocenters. The van der Waals surface area contributed by atoms with E-state index in [4.69, 9.17) is 0 Å². The molecule has 1 aromatic carbocycles. The van der Waals surface area contributed by atoms with Crippen LogP contribution in [0.25, 0.3) is 0 Å². The molecule has 1 aromatic rings. The minimum absolute atomic E-state index is 0.272. The average Bonchev–Trinajstić information content (AvgIpc) is 2.42. The quantitative estimate of drug-likeness (QED) is 0.580. The number of rotatable bonds is 3. The van der Waals surface area contributed by atoms with Crippen molar-refractivity contribution < 1.29 is 13.2 Å². The molecule has 0 bridgehead atoms. The number of hydrogen-bond donors (Lipinski definition) is 0. The number of benzene rings is 1. The fourth-order valence-corrected chi connectivity index (χ4v) is 4.03. The van der Waals surface area contributed by atoms with E-state index in [9.17, 15) is 13.2 Å². The highest BCUT2D eigenvalue weighted by atomic mass is 79.9. The fourth-order valence-electron chi connectivity index (χ4n) is 3.13. The van der Waals surface area contributed by atoms with Crippen LogP contribution in [0.2, 0.25) is 0 Å². The predicted octanol–water partition coefficient (Wildman–Crippen LogP) is 5.98. The van der Waals surface area contributed by atoms with Crippen LogP contribution in [-0.4, -0.2) is 11.0 Å². The normalized spacial score (nSPS) is 24.9. The van der Waals surface area contributed by atoms with E-state index >= 15 is 0 Å². The third-order valence-electron chi connectivity index (χ3n) is 4.75. The van der Waals surface area contributed by atoms with E-state index < -0.39 is 12.1 Å². The summed E-state index contributed by atoms with van der Waals surface area (Å²) in [6, 6.07) is 6.42. The first-order chi connectivity index (χ1) is 9.77. The van der Waals surface area contributed by atoms with Gasteiger partial charge in [0.25, 0.3) is 0 Å². The molecular weight excluding hydrogens is 341 g/mol. The summed E-state index contributed by atoms with van der Waals surface area (Å²) in [5.41, 5.74) is 3.81. The zero-order valence-electron chi connectivity index (χ0n) is 12.5. The topological polar surface area (TPSA) is 0 Å². The lowest BCUT2D eigenvalue weighted by Gasteiger charge is -2.32. The van der Waals surface area contributed by atoms with Gasteiger partial charge in [0.2, 0.25) is 0 Å². The summed E-state index contributed by atoms with van der Waals surface area (Å²) in [5.74, 6) is -0.736. The van der Waals surface area contributed by atoms with Crippen LogP contribution in [0, 0.1) is 25.7 Å². The number of hydrogen-bond acceptors (Lipinski definition) is 0. The molecule has 0 nitrogen and oxygen atoms in total. The highest BCUT2D eigenvalue weighted by molar-refractivity contribution is 9.09. The van der Waals surface area contributed by atoms with Crippen LogP contribution in [0.4, 0.5) is 13.2 Å². The van der Waals surface area contributed by atoms with Crippen molar-refractivity contribution in [1.82, 2.24) is 0 Å². The number of alkyl halides is 4. The largest absolute Gasteiger partial charge is 0.391 e. The molecule has 1 aliphatic rings. The van der Waals surface area contributed by atoms with Gasteiger partial charge < -0.3 is 0 Å². The minimum Gasteiger partial charge on any atom is -0.171 e. The third-order valence-corrected chi connectivity index (χ3v) is 5.82. The van der Waals surface area contributed by atoms with Gasteiger partial charge >= 0.3 is 6.18 Å². The molecule has 4 heteroatoms. The van der Waals surface area contributed by atoms with Gasteiger partial charge in [-0.15, -0.1) is 0 Å².